The van der Waals surface area contributed by atoms with E-state index >= 15 is 0 Å². The van der Waals surface area contributed by atoms with Crippen LogP contribution in [-0.4, -0.2) is 11.8 Å². The Balaban J connectivity index is 1.81. The van der Waals surface area contributed by atoms with Gasteiger partial charge >= 0.3 is 0 Å². The molecule has 0 aliphatic rings. The molecule has 0 bridgehead atoms. The van der Waals surface area contributed by atoms with Gasteiger partial charge in [0, 0.05) is 16.3 Å². The van der Waals surface area contributed by atoms with Crippen molar-refractivity contribution in [1.82, 2.24) is 5.32 Å². The molecule has 0 saturated heterocycles. The Labute approximate surface area is 174 Å². The van der Waals surface area contributed by atoms with Gasteiger partial charge in [0.05, 0.1) is 0 Å². The minimum Gasteiger partial charge on any atom is -0.321 e. The molecule has 0 fully saturated rings. The van der Waals surface area contributed by atoms with Crippen molar-refractivity contribution in [1.29, 1.82) is 0 Å². The topological polar surface area (TPSA) is 58.2 Å². The Bertz CT molecular complexity index is 1040. The monoisotopic (exact) mass is 402 g/mol. The molecule has 0 unspecified atom stereocenters. The van der Waals surface area contributed by atoms with Crippen LogP contribution in [0.1, 0.15) is 15.9 Å². The van der Waals surface area contributed by atoms with E-state index in [4.69, 9.17) is 11.6 Å². The second-order valence-corrected chi connectivity index (χ2v) is 6.57. The first-order valence-electron chi connectivity index (χ1n) is 8.98. The quantitative estimate of drug-likeness (QED) is 0.434. The van der Waals surface area contributed by atoms with Crippen LogP contribution in [-0.2, 0) is 4.79 Å². The molecule has 0 spiro atoms. The van der Waals surface area contributed by atoms with E-state index < -0.39 is 5.91 Å². The summed E-state index contributed by atoms with van der Waals surface area (Å²) < 4.78 is 0. The van der Waals surface area contributed by atoms with E-state index in [0.29, 0.717) is 16.3 Å². The van der Waals surface area contributed by atoms with E-state index in [1.165, 1.54) is 0 Å². The normalized spacial score (nSPS) is 11.3. The molecule has 5 heteroatoms. The van der Waals surface area contributed by atoms with Crippen molar-refractivity contribution in [3.63, 3.8) is 0 Å². The predicted octanol–water partition coefficient (Wildman–Crippen LogP) is 5.31. The molecule has 0 aliphatic carbocycles. The fourth-order valence-electron chi connectivity index (χ4n) is 2.54. The number of carbonyl (C=O) groups excluding carboxylic acids is 2. The maximum Gasteiger partial charge on any atom is 0.272 e. The number of carbonyl (C=O) groups is 2. The van der Waals surface area contributed by atoms with Gasteiger partial charge in [-0.05, 0) is 42.0 Å². The lowest BCUT2D eigenvalue weighted by atomic mass is 10.2. The van der Waals surface area contributed by atoms with Crippen LogP contribution in [0.2, 0.25) is 5.02 Å². The summed E-state index contributed by atoms with van der Waals surface area (Å²) in [5.74, 6) is -0.819. The lowest BCUT2D eigenvalue weighted by Gasteiger charge is -2.11. The summed E-state index contributed by atoms with van der Waals surface area (Å²) in [7, 11) is 0. The van der Waals surface area contributed by atoms with E-state index in [2.05, 4.69) is 10.6 Å². The minimum absolute atomic E-state index is 0.117. The highest BCUT2D eigenvalue weighted by atomic mass is 35.5. The zero-order chi connectivity index (χ0) is 20.5. The van der Waals surface area contributed by atoms with Crippen molar-refractivity contribution in [2.24, 2.45) is 0 Å². The molecule has 4 nitrogen and oxygen atoms in total. The average Bonchev–Trinajstić information content (AvgIpc) is 2.74. The highest BCUT2D eigenvalue weighted by Gasteiger charge is 2.14. The standard InChI is InChI=1S/C24H19ClN2O2/c25-20-14-8-15-21(17-20)26-24(29)22(16-7-11-18-9-3-1-4-10-18)27-23(28)19-12-5-2-6-13-19/h1-17H,(H,26,29)(H,27,28). The fraction of sp³-hybridized carbons (Fsp3) is 0. The summed E-state index contributed by atoms with van der Waals surface area (Å²) in [6.45, 7) is 0. The lowest BCUT2D eigenvalue weighted by molar-refractivity contribution is -0.113. The predicted molar refractivity (Wildman–Crippen MR) is 118 cm³/mol. The van der Waals surface area contributed by atoms with Crippen LogP contribution in [0.5, 0.6) is 0 Å². The zero-order valence-electron chi connectivity index (χ0n) is 15.5. The second-order valence-electron chi connectivity index (χ2n) is 6.13. The molecule has 0 saturated carbocycles. The Morgan fingerprint density at radius 2 is 1.52 bits per heavy atom. The highest BCUT2D eigenvalue weighted by Crippen LogP contribution is 2.15. The van der Waals surface area contributed by atoms with Crippen molar-refractivity contribution < 1.29 is 9.59 Å². The van der Waals surface area contributed by atoms with Crippen LogP contribution in [0.25, 0.3) is 6.08 Å². The number of halogens is 1. The van der Waals surface area contributed by atoms with Gasteiger partial charge in [-0.15, -0.1) is 0 Å². The molecular weight excluding hydrogens is 384 g/mol. The zero-order valence-corrected chi connectivity index (χ0v) is 16.3. The maximum atomic E-state index is 12.8. The third-order valence-corrected chi connectivity index (χ3v) is 4.20. The Morgan fingerprint density at radius 1 is 0.828 bits per heavy atom. The van der Waals surface area contributed by atoms with Gasteiger partial charge in [0.2, 0.25) is 0 Å². The van der Waals surface area contributed by atoms with Gasteiger partial charge in [-0.25, -0.2) is 0 Å². The number of hydrogen-bond donors (Lipinski definition) is 2. The number of nitrogens with one attached hydrogen (secondary N) is 2. The molecule has 144 valence electrons. The van der Waals surface area contributed by atoms with Crippen molar-refractivity contribution in [3.05, 3.63) is 119 Å². The molecule has 3 rings (SSSR count). The summed E-state index contributed by atoms with van der Waals surface area (Å²) in [6, 6.07) is 25.2. The molecule has 0 aliphatic heterocycles. The summed E-state index contributed by atoms with van der Waals surface area (Å²) in [6.07, 6.45) is 5.13. The van der Waals surface area contributed by atoms with Crippen LogP contribution in [0.3, 0.4) is 0 Å². The van der Waals surface area contributed by atoms with Gasteiger partial charge in [0.15, 0.2) is 0 Å². The van der Waals surface area contributed by atoms with Gasteiger partial charge in [0.1, 0.15) is 5.70 Å². The second kappa shape index (κ2) is 10.1. The molecule has 3 aromatic carbocycles. The molecule has 29 heavy (non-hydrogen) atoms. The summed E-state index contributed by atoms with van der Waals surface area (Å²) in [4.78, 5) is 25.3. The first-order chi connectivity index (χ1) is 14.1. The molecule has 2 amide bonds. The van der Waals surface area contributed by atoms with Crippen LogP contribution in [0, 0.1) is 0 Å². The highest BCUT2D eigenvalue weighted by molar-refractivity contribution is 6.31. The average molecular weight is 403 g/mol. The van der Waals surface area contributed by atoms with E-state index in [0.717, 1.165) is 5.56 Å². The SMILES string of the molecule is O=C(Nc1cccc(Cl)c1)C(=CC=Cc1ccccc1)NC(=O)c1ccccc1. The summed E-state index contributed by atoms with van der Waals surface area (Å²) in [5.41, 5.74) is 2.09. The summed E-state index contributed by atoms with van der Waals surface area (Å²) >= 11 is 5.98. The Morgan fingerprint density at radius 3 is 2.21 bits per heavy atom. The Kier molecular flexibility index (Phi) is 6.98. The number of allylic oxidation sites excluding steroid dienone is 2. The van der Waals surface area contributed by atoms with Crippen molar-refractivity contribution in [2.45, 2.75) is 0 Å². The molecule has 3 aromatic rings. The summed E-state index contributed by atoms with van der Waals surface area (Å²) in [5, 5.41) is 5.93. The molecule has 0 aromatic heterocycles. The fourth-order valence-corrected chi connectivity index (χ4v) is 2.73. The van der Waals surface area contributed by atoms with Gasteiger partial charge < -0.3 is 10.6 Å². The number of rotatable bonds is 6. The van der Waals surface area contributed by atoms with E-state index in [-0.39, 0.29) is 11.6 Å². The first-order valence-corrected chi connectivity index (χ1v) is 9.36. The van der Waals surface area contributed by atoms with E-state index in [1.807, 2.05) is 42.5 Å². The van der Waals surface area contributed by atoms with Crippen molar-refractivity contribution >= 4 is 35.2 Å². The minimum atomic E-state index is -0.450. The third-order valence-electron chi connectivity index (χ3n) is 3.96. The van der Waals surface area contributed by atoms with Crippen molar-refractivity contribution in [3.8, 4) is 0 Å². The van der Waals surface area contributed by atoms with Gasteiger partial charge in [-0.1, -0.05) is 78.4 Å². The number of benzene rings is 3. The van der Waals surface area contributed by atoms with E-state index in [1.54, 1.807) is 60.7 Å². The van der Waals surface area contributed by atoms with Crippen LogP contribution >= 0.6 is 11.6 Å². The molecule has 0 radical (unpaired) electrons. The smallest absolute Gasteiger partial charge is 0.272 e. The maximum absolute atomic E-state index is 12.8. The first kappa shape index (κ1) is 20.1. The van der Waals surface area contributed by atoms with Crippen molar-refractivity contribution in [2.75, 3.05) is 5.32 Å². The third kappa shape index (κ3) is 6.19. The largest absolute Gasteiger partial charge is 0.321 e. The number of amides is 2. The van der Waals surface area contributed by atoms with Crippen LogP contribution in [0.4, 0.5) is 5.69 Å². The molecule has 0 atom stereocenters. The lowest BCUT2D eigenvalue weighted by Crippen LogP contribution is -2.30. The van der Waals surface area contributed by atoms with Crippen LogP contribution in [0.15, 0.2) is 103 Å². The number of hydrogen-bond acceptors (Lipinski definition) is 2. The van der Waals surface area contributed by atoms with Gasteiger partial charge in [0.25, 0.3) is 11.8 Å². The van der Waals surface area contributed by atoms with Gasteiger partial charge in [-0.2, -0.15) is 0 Å². The van der Waals surface area contributed by atoms with E-state index in [9.17, 15) is 9.59 Å². The number of anilines is 1. The van der Waals surface area contributed by atoms with Crippen LogP contribution < -0.4 is 10.6 Å². The Hall–Kier alpha value is -3.63. The molecule has 0 heterocycles. The van der Waals surface area contributed by atoms with Gasteiger partial charge in [-0.3, -0.25) is 9.59 Å². The molecular formula is C24H19ClN2O2. The molecule has 2 N–H and O–H groups in total.